The summed E-state index contributed by atoms with van der Waals surface area (Å²) < 4.78 is 13.1. The Bertz CT molecular complexity index is 414. The van der Waals surface area contributed by atoms with E-state index in [9.17, 15) is 9.18 Å². The van der Waals surface area contributed by atoms with Crippen LogP contribution in [0.4, 0.5) is 4.39 Å². The summed E-state index contributed by atoms with van der Waals surface area (Å²) in [5.41, 5.74) is -0.215. The van der Waals surface area contributed by atoms with E-state index >= 15 is 0 Å². The highest BCUT2D eigenvalue weighted by Crippen LogP contribution is 2.22. The van der Waals surface area contributed by atoms with E-state index in [2.05, 4.69) is 0 Å². The fourth-order valence-corrected chi connectivity index (χ4v) is 1.17. The molecule has 1 aromatic rings. The number of aliphatic carboxylic acids is 1. The van der Waals surface area contributed by atoms with Crippen molar-refractivity contribution in [2.75, 3.05) is 0 Å². The van der Waals surface area contributed by atoms with Crippen LogP contribution < -0.4 is 0 Å². The number of benzene rings is 1. The zero-order valence-corrected chi connectivity index (χ0v) is 7.62. The molecular weight excluding hydrogens is 209 g/mol. The molecule has 5 heteroatoms. The molecule has 0 bridgehead atoms. The standard InChI is InChI=1S/C9H5ClFNO2/c10-5-1-2-8(11)6(3-5)7(4-12)9(13)14/h1-3,7H,(H,13,14). The molecule has 1 aromatic carbocycles. The first kappa shape index (κ1) is 10.5. The maximum Gasteiger partial charge on any atom is 0.325 e. The number of nitrogens with zero attached hydrogens (tertiary/aromatic N) is 1. The molecule has 14 heavy (non-hydrogen) atoms. The Morgan fingerprint density at radius 1 is 1.64 bits per heavy atom. The van der Waals surface area contributed by atoms with Crippen molar-refractivity contribution in [3.63, 3.8) is 0 Å². The summed E-state index contributed by atoms with van der Waals surface area (Å²) in [6.45, 7) is 0. The first-order chi connectivity index (χ1) is 6.56. The van der Waals surface area contributed by atoms with Gasteiger partial charge in [-0.2, -0.15) is 5.26 Å². The monoisotopic (exact) mass is 213 g/mol. The van der Waals surface area contributed by atoms with Crippen molar-refractivity contribution in [3.05, 3.63) is 34.6 Å². The van der Waals surface area contributed by atoms with Crippen LogP contribution in [0.2, 0.25) is 5.02 Å². The predicted molar refractivity (Wildman–Crippen MR) is 47.4 cm³/mol. The lowest BCUT2D eigenvalue weighted by Gasteiger charge is -2.05. The van der Waals surface area contributed by atoms with Crippen LogP contribution in [0.15, 0.2) is 18.2 Å². The van der Waals surface area contributed by atoms with E-state index < -0.39 is 17.7 Å². The summed E-state index contributed by atoms with van der Waals surface area (Å²) in [6.07, 6.45) is 0. The van der Waals surface area contributed by atoms with Gasteiger partial charge in [-0.1, -0.05) is 11.6 Å². The molecule has 0 radical (unpaired) electrons. The molecule has 1 atom stereocenters. The Balaban J connectivity index is 3.23. The van der Waals surface area contributed by atoms with Crippen molar-refractivity contribution < 1.29 is 14.3 Å². The van der Waals surface area contributed by atoms with Crippen LogP contribution in [0, 0.1) is 17.1 Å². The van der Waals surface area contributed by atoms with Crippen LogP contribution in [0.25, 0.3) is 0 Å². The summed E-state index contributed by atoms with van der Waals surface area (Å²) in [5.74, 6) is -3.66. The van der Waals surface area contributed by atoms with Gasteiger partial charge in [-0.25, -0.2) is 4.39 Å². The van der Waals surface area contributed by atoms with Crippen molar-refractivity contribution in [2.45, 2.75) is 5.92 Å². The summed E-state index contributed by atoms with van der Waals surface area (Å²) in [5, 5.41) is 17.3. The Kier molecular flexibility index (Phi) is 3.05. The quantitative estimate of drug-likeness (QED) is 0.819. The van der Waals surface area contributed by atoms with E-state index in [1.165, 1.54) is 12.1 Å². The van der Waals surface area contributed by atoms with Crippen LogP contribution in [0.1, 0.15) is 11.5 Å². The smallest absolute Gasteiger partial charge is 0.325 e. The van der Waals surface area contributed by atoms with Crippen LogP contribution in [0.3, 0.4) is 0 Å². The third-order valence-corrected chi connectivity index (χ3v) is 1.88. The minimum Gasteiger partial charge on any atom is -0.480 e. The minimum atomic E-state index is -1.52. The van der Waals surface area contributed by atoms with E-state index in [4.69, 9.17) is 22.0 Å². The first-order valence-corrected chi connectivity index (χ1v) is 4.01. The molecular formula is C9H5ClFNO2. The van der Waals surface area contributed by atoms with Crippen LogP contribution in [0.5, 0.6) is 0 Å². The predicted octanol–water partition coefficient (Wildman–Crippen LogP) is 2.17. The molecule has 72 valence electrons. The third-order valence-electron chi connectivity index (χ3n) is 1.65. The second kappa shape index (κ2) is 4.07. The van der Waals surface area contributed by atoms with Gasteiger partial charge in [-0.3, -0.25) is 4.79 Å². The second-order valence-electron chi connectivity index (χ2n) is 2.57. The molecule has 0 aliphatic rings. The number of nitriles is 1. The zero-order valence-electron chi connectivity index (χ0n) is 6.87. The molecule has 3 nitrogen and oxygen atoms in total. The molecule has 0 aliphatic heterocycles. The maximum absolute atomic E-state index is 13.1. The minimum absolute atomic E-state index is 0.197. The van der Waals surface area contributed by atoms with E-state index in [1.54, 1.807) is 0 Å². The number of carbonyl (C=O) groups is 1. The van der Waals surface area contributed by atoms with Gasteiger partial charge in [0.15, 0.2) is 5.92 Å². The summed E-state index contributed by atoms with van der Waals surface area (Å²) >= 11 is 5.55. The number of carboxylic acid groups (broad SMARTS) is 1. The molecule has 0 heterocycles. The van der Waals surface area contributed by atoms with Crippen molar-refractivity contribution in [3.8, 4) is 6.07 Å². The van der Waals surface area contributed by atoms with Gasteiger partial charge in [0.05, 0.1) is 6.07 Å². The summed E-state index contributed by atoms with van der Waals surface area (Å²) in [7, 11) is 0. The Morgan fingerprint density at radius 3 is 2.79 bits per heavy atom. The van der Waals surface area contributed by atoms with Crippen molar-refractivity contribution >= 4 is 17.6 Å². The average Bonchev–Trinajstić information content (AvgIpc) is 2.11. The first-order valence-electron chi connectivity index (χ1n) is 3.63. The summed E-state index contributed by atoms with van der Waals surface area (Å²) in [6, 6.07) is 4.95. The number of hydrogen-bond acceptors (Lipinski definition) is 2. The maximum atomic E-state index is 13.1. The van der Waals surface area contributed by atoms with Crippen molar-refractivity contribution in [1.82, 2.24) is 0 Å². The molecule has 1 unspecified atom stereocenters. The topological polar surface area (TPSA) is 61.1 Å². The van der Waals surface area contributed by atoms with Gasteiger partial charge in [0.1, 0.15) is 5.82 Å². The zero-order chi connectivity index (χ0) is 10.7. The van der Waals surface area contributed by atoms with E-state index in [0.717, 1.165) is 12.1 Å². The largest absolute Gasteiger partial charge is 0.480 e. The van der Waals surface area contributed by atoms with Gasteiger partial charge in [0.2, 0.25) is 0 Å². The molecule has 0 saturated carbocycles. The van der Waals surface area contributed by atoms with E-state index in [0.29, 0.717) is 0 Å². The summed E-state index contributed by atoms with van der Waals surface area (Å²) in [4.78, 5) is 10.6. The fraction of sp³-hybridized carbons (Fsp3) is 0.111. The van der Waals surface area contributed by atoms with Gasteiger partial charge >= 0.3 is 5.97 Å². The lowest BCUT2D eigenvalue weighted by Crippen LogP contribution is -2.11. The number of rotatable bonds is 2. The Labute approximate surface area is 84.3 Å². The lowest BCUT2D eigenvalue weighted by atomic mass is 10.0. The van der Waals surface area contributed by atoms with Gasteiger partial charge in [-0.05, 0) is 18.2 Å². The molecule has 0 aliphatic carbocycles. The molecule has 1 N–H and O–H groups in total. The van der Waals surface area contributed by atoms with Gasteiger partial charge in [0, 0.05) is 10.6 Å². The third kappa shape index (κ3) is 2.01. The van der Waals surface area contributed by atoms with Crippen molar-refractivity contribution in [1.29, 1.82) is 5.26 Å². The molecule has 0 amide bonds. The molecule has 1 rings (SSSR count). The SMILES string of the molecule is N#CC(C(=O)O)c1cc(Cl)ccc1F. The highest BCUT2D eigenvalue weighted by atomic mass is 35.5. The van der Waals surface area contributed by atoms with E-state index in [-0.39, 0.29) is 10.6 Å². The number of carboxylic acids is 1. The van der Waals surface area contributed by atoms with Crippen molar-refractivity contribution in [2.24, 2.45) is 0 Å². The lowest BCUT2D eigenvalue weighted by molar-refractivity contribution is -0.137. The molecule has 0 saturated heterocycles. The average molecular weight is 214 g/mol. The molecule has 0 fully saturated rings. The highest BCUT2D eigenvalue weighted by Gasteiger charge is 2.22. The van der Waals surface area contributed by atoms with Crippen LogP contribution >= 0.6 is 11.6 Å². The Hall–Kier alpha value is -1.60. The second-order valence-corrected chi connectivity index (χ2v) is 3.00. The fourth-order valence-electron chi connectivity index (χ4n) is 0.994. The molecule has 0 spiro atoms. The normalized spacial score (nSPS) is 11.8. The van der Waals surface area contributed by atoms with Gasteiger partial charge in [-0.15, -0.1) is 0 Å². The number of hydrogen-bond donors (Lipinski definition) is 1. The van der Waals surface area contributed by atoms with Gasteiger partial charge in [0.25, 0.3) is 0 Å². The molecule has 0 aromatic heterocycles. The Morgan fingerprint density at radius 2 is 2.29 bits per heavy atom. The van der Waals surface area contributed by atoms with Crippen LogP contribution in [-0.2, 0) is 4.79 Å². The van der Waals surface area contributed by atoms with Gasteiger partial charge < -0.3 is 5.11 Å². The van der Waals surface area contributed by atoms with E-state index in [1.807, 2.05) is 0 Å². The highest BCUT2D eigenvalue weighted by molar-refractivity contribution is 6.30. The van der Waals surface area contributed by atoms with Crippen LogP contribution in [-0.4, -0.2) is 11.1 Å². The number of halogens is 2.